The first-order valence-corrected chi connectivity index (χ1v) is 10.5. The highest BCUT2D eigenvalue weighted by Gasteiger charge is 2.50. The number of carbonyl (C=O) groups excluding carboxylic acids is 1. The second-order valence-electron chi connectivity index (χ2n) is 8.49. The van der Waals surface area contributed by atoms with Gasteiger partial charge >= 0.3 is 12.1 Å². The zero-order chi connectivity index (χ0) is 23.2. The molecular formula is C21H28F3N3O5. The van der Waals surface area contributed by atoms with E-state index in [2.05, 4.69) is 16.0 Å². The summed E-state index contributed by atoms with van der Waals surface area (Å²) >= 11 is 0. The number of alkyl halides is 3. The lowest BCUT2D eigenvalue weighted by atomic mass is 9.82. The number of rotatable bonds is 6. The Morgan fingerprint density at radius 3 is 2.66 bits per heavy atom. The number of ether oxygens (including phenoxy) is 2. The summed E-state index contributed by atoms with van der Waals surface area (Å²) in [6.45, 7) is 7.03. The minimum absolute atomic E-state index is 0.0352. The molecule has 2 atom stereocenters. The van der Waals surface area contributed by atoms with Crippen molar-refractivity contribution in [3.05, 3.63) is 30.1 Å². The third kappa shape index (κ3) is 6.39. The highest BCUT2D eigenvalue weighted by molar-refractivity contribution is 5.77. The third-order valence-electron chi connectivity index (χ3n) is 6.04. The number of aliphatic carboxylic acids is 1. The van der Waals surface area contributed by atoms with Gasteiger partial charge in [-0.05, 0) is 24.5 Å². The average Bonchev–Trinajstić information content (AvgIpc) is 3.45. The first kappa shape index (κ1) is 24.4. The number of carboxylic acid groups (broad SMARTS) is 1. The number of carboxylic acids is 1. The zero-order valence-electron chi connectivity index (χ0n) is 17.7. The molecule has 1 aromatic rings. The van der Waals surface area contributed by atoms with E-state index in [1.54, 1.807) is 0 Å². The van der Waals surface area contributed by atoms with Gasteiger partial charge in [0.25, 0.3) is 0 Å². The van der Waals surface area contributed by atoms with Crippen LogP contribution in [-0.4, -0.2) is 90.5 Å². The topological polar surface area (TPSA) is 92.2 Å². The maximum atomic E-state index is 12.2. The molecule has 178 valence electrons. The largest absolute Gasteiger partial charge is 0.490 e. The lowest BCUT2D eigenvalue weighted by molar-refractivity contribution is -0.192. The lowest BCUT2D eigenvalue weighted by Gasteiger charge is -2.27. The fourth-order valence-corrected chi connectivity index (χ4v) is 4.42. The summed E-state index contributed by atoms with van der Waals surface area (Å²) in [7, 11) is 0. The number of aromatic nitrogens is 1. The normalized spacial score (nSPS) is 25.3. The molecule has 0 radical (unpaired) electrons. The van der Waals surface area contributed by atoms with Crippen LogP contribution in [-0.2, 0) is 25.6 Å². The van der Waals surface area contributed by atoms with Gasteiger partial charge in [0.2, 0.25) is 5.91 Å². The number of carbonyl (C=O) groups is 2. The summed E-state index contributed by atoms with van der Waals surface area (Å²) in [6, 6.07) is 4.10. The summed E-state index contributed by atoms with van der Waals surface area (Å²) in [6.07, 6.45) is 0.898. The quantitative estimate of drug-likeness (QED) is 0.694. The minimum Gasteiger partial charge on any atom is -0.475 e. The molecule has 0 aromatic carbocycles. The van der Waals surface area contributed by atoms with Gasteiger partial charge in [0.1, 0.15) is 6.61 Å². The van der Waals surface area contributed by atoms with Gasteiger partial charge in [-0.1, -0.05) is 6.07 Å². The molecule has 3 aliphatic rings. The molecule has 0 bridgehead atoms. The predicted molar refractivity (Wildman–Crippen MR) is 107 cm³/mol. The molecule has 1 N–H and O–H groups in total. The highest BCUT2D eigenvalue weighted by atomic mass is 19.4. The first-order valence-electron chi connectivity index (χ1n) is 10.5. The van der Waals surface area contributed by atoms with Gasteiger partial charge in [0.05, 0.1) is 19.8 Å². The van der Waals surface area contributed by atoms with E-state index in [0.717, 1.165) is 58.8 Å². The van der Waals surface area contributed by atoms with Crippen molar-refractivity contribution in [3.63, 3.8) is 0 Å². The second-order valence-corrected chi connectivity index (χ2v) is 8.49. The Balaban J connectivity index is 0.000000360. The van der Waals surface area contributed by atoms with Crippen LogP contribution >= 0.6 is 0 Å². The van der Waals surface area contributed by atoms with E-state index in [1.165, 1.54) is 5.56 Å². The van der Waals surface area contributed by atoms with E-state index in [4.69, 9.17) is 19.4 Å². The van der Waals surface area contributed by atoms with Crippen molar-refractivity contribution >= 4 is 11.9 Å². The molecule has 4 rings (SSSR count). The number of hydrogen-bond acceptors (Lipinski definition) is 6. The molecule has 32 heavy (non-hydrogen) atoms. The smallest absolute Gasteiger partial charge is 0.475 e. The van der Waals surface area contributed by atoms with Crippen LogP contribution in [0.25, 0.3) is 0 Å². The number of amides is 1. The molecule has 3 aliphatic heterocycles. The minimum atomic E-state index is -5.08. The molecule has 1 aromatic heterocycles. The van der Waals surface area contributed by atoms with Crippen LogP contribution in [0.1, 0.15) is 18.4 Å². The van der Waals surface area contributed by atoms with Crippen molar-refractivity contribution in [2.24, 2.45) is 11.3 Å². The highest BCUT2D eigenvalue weighted by Crippen LogP contribution is 2.42. The van der Waals surface area contributed by atoms with E-state index < -0.39 is 12.1 Å². The maximum Gasteiger partial charge on any atom is 0.490 e. The summed E-state index contributed by atoms with van der Waals surface area (Å²) in [5.74, 6) is -2.13. The molecule has 8 nitrogen and oxygen atoms in total. The van der Waals surface area contributed by atoms with E-state index in [9.17, 15) is 18.0 Å². The van der Waals surface area contributed by atoms with E-state index in [1.807, 2.05) is 23.4 Å². The monoisotopic (exact) mass is 459 g/mol. The molecular weight excluding hydrogens is 431 g/mol. The van der Waals surface area contributed by atoms with Crippen LogP contribution in [0.4, 0.5) is 13.2 Å². The number of fused-ring (bicyclic) bond motifs is 1. The summed E-state index contributed by atoms with van der Waals surface area (Å²) in [4.78, 5) is 29.7. The Hall–Kier alpha value is -2.24. The van der Waals surface area contributed by atoms with Gasteiger partial charge in [-0.3, -0.25) is 14.7 Å². The molecule has 0 aliphatic carbocycles. The van der Waals surface area contributed by atoms with Crippen LogP contribution in [0.3, 0.4) is 0 Å². The number of hydrogen-bond donors (Lipinski definition) is 1. The van der Waals surface area contributed by atoms with Crippen LogP contribution in [0.15, 0.2) is 24.5 Å². The van der Waals surface area contributed by atoms with Gasteiger partial charge in [-0.15, -0.1) is 0 Å². The van der Waals surface area contributed by atoms with Crippen molar-refractivity contribution in [2.75, 3.05) is 52.6 Å². The standard InChI is InChI=1S/C19H27N3O3.C2HF3O2/c23-18(22-6-1-2-7-22)12-25-15-19-13-21(10-17(19)11-24-14-19)9-16-4-3-5-20-8-16;3-2(4,5)1(6)7/h3-5,8,17H,1-2,6-7,9-15H2;(H,6,7)/t17-,19+;/m1./s1. The van der Waals surface area contributed by atoms with Crippen molar-refractivity contribution in [3.8, 4) is 0 Å². The van der Waals surface area contributed by atoms with Crippen molar-refractivity contribution in [2.45, 2.75) is 25.6 Å². The summed E-state index contributed by atoms with van der Waals surface area (Å²) in [5.41, 5.74) is 1.27. The molecule has 1 amide bonds. The molecule has 0 saturated carbocycles. The van der Waals surface area contributed by atoms with Gasteiger partial charge in [0, 0.05) is 56.5 Å². The average molecular weight is 459 g/mol. The van der Waals surface area contributed by atoms with E-state index >= 15 is 0 Å². The van der Waals surface area contributed by atoms with Crippen molar-refractivity contribution < 1.29 is 37.3 Å². The fourth-order valence-electron chi connectivity index (χ4n) is 4.42. The first-order chi connectivity index (χ1) is 15.2. The predicted octanol–water partition coefficient (Wildman–Crippen LogP) is 1.80. The number of nitrogens with zero attached hydrogens (tertiary/aromatic N) is 3. The SMILES string of the molecule is O=C(COC[C@]12COC[C@H]1CN(Cc1cccnc1)C2)N1CCCC1.O=C(O)C(F)(F)F. The summed E-state index contributed by atoms with van der Waals surface area (Å²) < 4.78 is 43.4. The molecule has 0 spiro atoms. The van der Waals surface area contributed by atoms with E-state index in [0.29, 0.717) is 12.5 Å². The van der Waals surface area contributed by atoms with Gasteiger partial charge in [-0.25, -0.2) is 4.79 Å². The Morgan fingerprint density at radius 1 is 1.31 bits per heavy atom. The van der Waals surface area contributed by atoms with Crippen molar-refractivity contribution in [1.82, 2.24) is 14.8 Å². The lowest BCUT2D eigenvalue weighted by Crippen LogP contribution is -2.38. The number of pyridine rings is 1. The van der Waals surface area contributed by atoms with Gasteiger partial charge < -0.3 is 19.5 Å². The van der Waals surface area contributed by atoms with Gasteiger partial charge in [0.15, 0.2) is 0 Å². The molecule has 3 fully saturated rings. The zero-order valence-corrected chi connectivity index (χ0v) is 17.7. The Bertz CT molecular complexity index is 774. The Labute approximate surface area is 184 Å². The number of halogens is 3. The molecule has 0 unspecified atom stereocenters. The second kappa shape index (κ2) is 10.6. The van der Waals surface area contributed by atoms with Crippen LogP contribution < -0.4 is 0 Å². The fraction of sp³-hybridized carbons (Fsp3) is 0.667. The molecule has 4 heterocycles. The molecule has 3 saturated heterocycles. The Kier molecular flexibility index (Phi) is 8.07. The van der Waals surface area contributed by atoms with E-state index in [-0.39, 0.29) is 17.9 Å². The maximum absolute atomic E-state index is 12.2. The van der Waals surface area contributed by atoms with Crippen LogP contribution in [0.5, 0.6) is 0 Å². The van der Waals surface area contributed by atoms with Crippen LogP contribution in [0, 0.1) is 11.3 Å². The summed E-state index contributed by atoms with van der Waals surface area (Å²) in [5, 5.41) is 7.12. The Morgan fingerprint density at radius 2 is 2.03 bits per heavy atom. The molecule has 11 heteroatoms. The third-order valence-corrected chi connectivity index (χ3v) is 6.04. The van der Waals surface area contributed by atoms with Crippen LogP contribution in [0.2, 0.25) is 0 Å². The number of likely N-dealkylation sites (tertiary alicyclic amines) is 2. The van der Waals surface area contributed by atoms with Crippen molar-refractivity contribution in [1.29, 1.82) is 0 Å². The van der Waals surface area contributed by atoms with Gasteiger partial charge in [-0.2, -0.15) is 13.2 Å².